The van der Waals surface area contributed by atoms with Gasteiger partial charge < -0.3 is 16.0 Å². The SMILES string of the molecule is Nc1ccccc1NC(=O)c1cc2ccc(CC(=O)N3CCCC3)cc2s1. The number of nitrogens with two attached hydrogens (primary N) is 1. The molecule has 2 aromatic carbocycles. The average Bonchev–Trinajstić information content (AvgIpc) is 3.33. The molecule has 0 unspecified atom stereocenters. The van der Waals surface area contributed by atoms with Crippen molar-refractivity contribution < 1.29 is 9.59 Å². The molecule has 0 saturated carbocycles. The van der Waals surface area contributed by atoms with Crippen LogP contribution in [0.5, 0.6) is 0 Å². The third kappa shape index (κ3) is 3.80. The second-order valence-electron chi connectivity index (χ2n) is 6.79. The van der Waals surface area contributed by atoms with Crippen LogP contribution in [0, 0.1) is 0 Å². The summed E-state index contributed by atoms with van der Waals surface area (Å²) in [6.07, 6.45) is 2.61. The zero-order valence-corrected chi connectivity index (χ0v) is 15.7. The first-order chi connectivity index (χ1) is 13.1. The Morgan fingerprint density at radius 1 is 1.07 bits per heavy atom. The molecule has 3 N–H and O–H groups in total. The van der Waals surface area contributed by atoms with Crippen LogP contribution >= 0.6 is 11.3 Å². The Labute approximate surface area is 161 Å². The molecule has 27 heavy (non-hydrogen) atoms. The van der Waals surface area contributed by atoms with E-state index >= 15 is 0 Å². The van der Waals surface area contributed by atoms with Crippen LogP contribution in [0.1, 0.15) is 28.1 Å². The predicted octanol–water partition coefficient (Wildman–Crippen LogP) is 3.90. The van der Waals surface area contributed by atoms with Gasteiger partial charge in [-0.1, -0.05) is 24.3 Å². The Kier molecular flexibility index (Phi) is 4.81. The first-order valence-electron chi connectivity index (χ1n) is 9.06. The minimum Gasteiger partial charge on any atom is -0.397 e. The highest BCUT2D eigenvalue weighted by molar-refractivity contribution is 7.20. The van der Waals surface area contributed by atoms with Crippen molar-refractivity contribution in [2.75, 3.05) is 24.1 Å². The number of fused-ring (bicyclic) bond motifs is 1. The van der Waals surface area contributed by atoms with Crippen LogP contribution in [0.3, 0.4) is 0 Å². The molecule has 1 saturated heterocycles. The number of nitrogen functional groups attached to an aromatic ring is 1. The maximum Gasteiger partial charge on any atom is 0.265 e. The topological polar surface area (TPSA) is 75.4 Å². The number of anilines is 2. The third-order valence-electron chi connectivity index (χ3n) is 4.83. The predicted molar refractivity (Wildman–Crippen MR) is 110 cm³/mol. The fourth-order valence-electron chi connectivity index (χ4n) is 3.35. The van der Waals surface area contributed by atoms with E-state index in [1.54, 1.807) is 12.1 Å². The second kappa shape index (κ2) is 7.40. The van der Waals surface area contributed by atoms with Gasteiger partial charge in [0, 0.05) is 17.8 Å². The Bertz CT molecular complexity index is 1010. The molecule has 0 spiro atoms. The number of carbonyl (C=O) groups excluding carboxylic acids is 2. The van der Waals surface area contributed by atoms with Gasteiger partial charge in [-0.25, -0.2) is 0 Å². The van der Waals surface area contributed by atoms with E-state index in [2.05, 4.69) is 5.32 Å². The molecule has 1 aliphatic rings. The molecule has 1 aliphatic heterocycles. The number of nitrogens with one attached hydrogen (secondary N) is 1. The van der Waals surface area contributed by atoms with Gasteiger partial charge in [-0.05, 0) is 48.1 Å². The van der Waals surface area contributed by atoms with Crippen molar-refractivity contribution in [2.24, 2.45) is 0 Å². The Morgan fingerprint density at radius 2 is 1.85 bits per heavy atom. The molecule has 0 aliphatic carbocycles. The minimum atomic E-state index is -0.177. The number of likely N-dealkylation sites (tertiary alicyclic amines) is 1. The summed E-state index contributed by atoms with van der Waals surface area (Å²) >= 11 is 1.43. The van der Waals surface area contributed by atoms with Gasteiger partial charge in [0.05, 0.1) is 22.7 Å². The van der Waals surface area contributed by atoms with E-state index in [1.807, 2.05) is 41.3 Å². The molecule has 0 radical (unpaired) electrons. The number of carbonyl (C=O) groups is 2. The quantitative estimate of drug-likeness (QED) is 0.675. The summed E-state index contributed by atoms with van der Waals surface area (Å²) in [7, 11) is 0. The number of rotatable bonds is 4. The van der Waals surface area contributed by atoms with Crippen molar-refractivity contribution in [3.63, 3.8) is 0 Å². The summed E-state index contributed by atoms with van der Waals surface area (Å²) in [4.78, 5) is 27.5. The number of amides is 2. The standard InChI is InChI=1S/C21H21N3O2S/c22-16-5-1-2-6-17(16)23-21(26)19-13-15-8-7-14(11-18(15)27-19)12-20(25)24-9-3-4-10-24/h1-2,5-8,11,13H,3-4,9-10,12,22H2,(H,23,26). The van der Waals surface area contributed by atoms with Crippen LogP contribution in [0.4, 0.5) is 11.4 Å². The monoisotopic (exact) mass is 379 g/mol. The van der Waals surface area contributed by atoms with Gasteiger partial charge in [-0.2, -0.15) is 0 Å². The van der Waals surface area contributed by atoms with Gasteiger partial charge in [0.1, 0.15) is 0 Å². The van der Waals surface area contributed by atoms with Gasteiger partial charge in [-0.3, -0.25) is 9.59 Å². The van der Waals surface area contributed by atoms with Gasteiger partial charge in [0.2, 0.25) is 5.91 Å². The molecule has 0 bridgehead atoms. The molecular formula is C21H21N3O2S. The normalized spacial score (nSPS) is 13.9. The van der Waals surface area contributed by atoms with Gasteiger partial charge in [0.15, 0.2) is 0 Å². The van der Waals surface area contributed by atoms with Gasteiger partial charge in [-0.15, -0.1) is 11.3 Å². The van der Waals surface area contributed by atoms with Gasteiger partial charge >= 0.3 is 0 Å². The zero-order chi connectivity index (χ0) is 18.8. The maximum absolute atomic E-state index is 12.6. The average molecular weight is 379 g/mol. The number of thiophene rings is 1. The fraction of sp³-hybridized carbons (Fsp3) is 0.238. The van der Waals surface area contributed by atoms with Crippen LogP contribution in [0.15, 0.2) is 48.5 Å². The fourth-order valence-corrected chi connectivity index (χ4v) is 4.37. The molecule has 5 nitrogen and oxygen atoms in total. The summed E-state index contributed by atoms with van der Waals surface area (Å²) in [5, 5.41) is 3.86. The molecule has 138 valence electrons. The largest absolute Gasteiger partial charge is 0.397 e. The van der Waals surface area contributed by atoms with Crippen molar-refractivity contribution >= 4 is 44.6 Å². The second-order valence-corrected chi connectivity index (χ2v) is 7.87. The lowest BCUT2D eigenvalue weighted by atomic mass is 10.1. The number of benzene rings is 2. The molecule has 2 amide bonds. The molecule has 0 atom stereocenters. The number of hydrogen-bond donors (Lipinski definition) is 2. The van der Waals surface area contributed by atoms with Crippen molar-refractivity contribution in [1.82, 2.24) is 4.90 Å². The van der Waals surface area contributed by atoms with Crippen molar-refractivity contribution in [3.8, 4) is 0 Å². The molecule has 6 heteroatoms. The Balaban J connectivity index is 1.51. The van der Waals surface area contributed by atoms with Crippen LogP contribution in [0.25, 0.3) is 10.1 Å². The highest BCUT2D eigenvalue weighted by atomic mass is 32.1. The molecular weight excluding hydrogens is 358 g/mol. The van der Waals surface area contributed by atoms with E-state index in [0.29, 0.717) is 22.7 Å². The van der Waals surface area contributed by atoms with E-state index in [4.69, 9.17) is 5.73 Å². The number of para-hydroxylation sites is 2. The number of hydrogen-bond acceptors (Lipinski definition) is 4. The van der Waals surface area contributed by atoms with Crippen LogP contribution in [-0.2, 0) is 11.2 Å². The van der Waals surface area contributed by atoms with E-state index in [-0.39, 0.29) is 11.8 Å². The van der Waals surface area contributed by atoms with Crippen molar-refractivity contribution in [2.45, 2.75) is 19.3 Å². The Hall–Kier alpha value is -2.86. The van der Waals surface area contributed by atoms with Crippen LogP contribution in [0.2, 0.25) is 0 Å². The van der Waals surface area contributed by atoms with Crippen molar-refractivity contribution in [1.29, 1.82) is 0 Å². The smallest absolute Gasteiger partial charge is 0.265 e. The van der Waals surface area contributed by atoms with E-state index in [9.17, 15) is 9.59 Å². The molecule has 2 heterocycles. The highest BCUT2D eigenvalue weighted by Crippen LogP contribution is 2.28. The summed E-state index contributed by atoms with van der Waals surface area (Å²) in [6, 6.07) is 15.0. The van der Waals surface area contributed by atoms with Crippen LogP contribution in [-0.4, -0.2) is 29.8 Å². The summed E-state index contributed by atoms with van der Waals surface area (Å²) in [6.45, 7) is 1.74. The van der Waals surface area contributed by atoms with E-state index < -0.39 is 0 Å². The lowest BCUT2D eigenvalue weighted by molar-refractivity contribution is -0.129. The molecule has 3 aromatic rings. The molecule has 4 rings (SSSR count). The van der Waals surface area contributed by atoms with E-state index in [1.165, 1.54) is 11.3 Å². The lowest BCUT2D eigenvalue weighted by Gasteiger charge is -2.14. The van der Waals surface area contributed by atoms with Gasteiger partial charge in [0.25, 0.3) is 5.91 Å². The summed E-state index contributed by atoms with van der Waals surface area (Å²) in [5.74, 6) is 0.00437. The first-order valence-corrected chi connectivity index (χ1v) is 9.88. The third-order valence-corrected chi connectivity index (χ3v) is 5.93. The zero-order valence-electron chi connectivity index (χ0n) is 14.9. The molecule has 1 aromatic heterocycles. The minimum absolute atomic E-state index is 0.177. The van der Waals surface area contributed by atoms with Crippen molar-refractivity contribution in [3.05, 3.63) is 59.0 Å². The van der Waals surface area contributed by atoms with E-state index in [0.717, 1.165) is 41.6 Å². The summed E-state index contributed by atoms with van der Waals surface area (Å²) < 4.78 is 1.01. The first kappa shape index (κ1) is 17.5. The highest BCUT2D eigenvalue weighted by Gasteiger charge is 2.18. The van der Waals surface area contributed by atoms with Crippen LogP contribution < -0.4 is 11.1 Å². The molecule has 1 fully saturated rings. The number of nitrogens with zero attached hydrogens (tertiary/aromatic N) is 1. The maximum atomic E-state index is 12.6. The summed E-state index contributed by atoms with van der Waals surface area (Å²) in [5.41, 5.74) is 8.02. The Morgan fingerprint density at radius 3 is 2.63 bits per heavy atom. The lowest BCUT2D eigenvalue weighted by Crippen LogP contribution is -2.28.